The first-order chi connectivity index (χ1) is 17.3. The third-order valence-electron chi connectivity index (χ3n) is 7.55. The first-order valence-corrected chi connectivity index (χ1v) is 12.2. The molecule has 0 aliphatic carbocycles. The molecule has 196 valence electrons. The van der Waals surface area contributed by atoms with Crippen LogP contribution < -0.4 is 0 Å². The Morgan fingerprint density at radius 2 is 1.59 bits per heavy atom. The van der Waals surface area contributed by atoms with Gasteiger partial charge in [0.2, 0.25) is 0 Å². The van der Waals surface area contributed by atoms with Gasteiger partial charge in [0.05, 0.1) is 24.2 Å². The van der Waals surface area contributed by atoms with Crippen LogP contribution in [0.3, 0.4) is 0 Å². The van der Waals surface area contributed by atoms with Gasteiger partial charge in [0.15, 0.2) is 0 Å². The lowest BCUT2D eigenvalue weighted by molar-refractivity contribution is -0.172. The van der Waals surface area contributed by atoms with Crippen molar-refractivity contribution in [3.05, 3.63) is 107 Å². The van der Waals surface area contributed by atoms with Crippen LogP contribution in [0, 0.1) is 11.8 Å². The Kier molecular flexibility index (Phi) is 8.26. The molecule has 0 spiro atoms. The average Bonchev–Trinajstić information content (AvgIpc) is 2.89. The lowest BCUT2D eigenvalue weighted by Gasteiger charge is -2.55. The summed E-state index contributed by atoms with van der Waals surface area (Å²) in [5.41, 5.74) is 1.90. The van der Waals surface area contributed by atoms with E-state index in [1.165, 1.54) is 6.07 Å². The smallest absolute Gasteiger partial charge is 0.416 e. The van der Waals surface area contributed by atoms with E-state index in [-0.39, 0.29) is 36.9 Å². The standard InChI is InChI=1S/C29H28F3NO3.ClH/c30-29(31,32)22-13-7-8-19(16-22)18-36-27-23-14-15-33(17-24(23)28(34)35)26(27)25(20-9-3-1-4-10-20)21-11-5-2-6-12-21;/h1-13,16,23-27H,14-15,17-18H2,(H,34,35);1H/t23-,24-,26+,27+;/m1./s1. The second-order valence-corrected chi connectivity index (χ2v) is 9.66. The third-order valence-corrected chi connectivity index (χ3v) is 7.55. The van der Waals surface area contributed by atoms with Crippen LogP contribution in [0.25, 0.3) is 0 Å². The predicted octanol–water partition coefficient (Wildman–Crippen LogP) is 6.25. The second kappa shape index (κ2) is 11.3. The Labute approximate surface area is 220 Å². The molecule has 1 unspecified atom stereocenters. The highest BCUT2D eigenvalue weighted by Crippen LogP contribution is 2.46. The molecule has 3 fully saturated rings. The van der Waals surface area contributed by atoms with Gasteiger partial charge in [0, 0.05) is 24.4 Å². The summed E-state index contributed by atoms with van der Waals surface area (Å²) in [6.45, 7) is 1.18. The summed E-state index contributed by atoms with van der Waals surface area (Å²) in [6.07, 6.45) is -4.21. The van der Waals surface area contributed by atoms with Crippen molar-refractivity contribution in [2.24, 2.45) is 11.8 Å². The number of hydrogen-bond acceptors (Lipinski definition) is 3. The predicted molar refractivity (Wildman–Crippen MR) is 137 cm³/mol. The van der Waals surface area contributed by atoms with Crippen LogP contribution in [0.4, 0.5) is 13.2 Å². The number of piperidine rings is 3. The van der Waals surface area contributed by atoms with Crippen molar-refractivity contribution in [2.75, 3.05) is 13.1 Å². The largest absolute Gasteiger partial charge is 0.481 e. The van der Waals surface area contributed by atoms with Crippen LogP contribution in [0.2, 0.25) is 0 Å². The van der Waals surface area contributed by atoms with Crippen molar-refractivity contribution >= 4 is 18.4 Å². The molecule has 3 saturated heterocycles. The van der Waals surface area contributed by atoms with Gasteiger partial charge in [-0.2, -0.15) is 13.2 Å². The number of rotatable bonds is 7. The van der Waals surface area contributed by atoms with Crippen molar-refractivity contribution in [3.63, 3.8) is 0 Å². The topological polar surface area (TPSA) is 49.8 Å². The molecule has 2 bridgehead atoms. The van der Waals surface area contributed by atoms with E-state index in [1.54, 1.807) is 6.07 Å². The molecule has 0 saturated carbocycles. The molecule has 3 heterocycles. The molecule has 3 aliphatic heterocycles. The maximum absolute atomic E-state index is 13.3. The minimum absolute atomic E-state index is 0. The molecule has 0 radical (unpaired) electrons. The fraction of sp³-hybridized carbons (Fsp3) is 0.345. The number of aliphatic carboxylic acids is 1. The zero-order valence-electron chi connectivity index (χ0n) is 20.1. The number of carbonyl (C=O) groups is 1. The highest BCUT2D eigenvalue weighted by atomic mass is 35.5. The molecule has 5 atom stereocenters. The van der Waals surface area contributed by atoms with Gasteiger partial charge in [0.25, 0.3) is 0 Å². The van der Waals surface area contributed by atoms with E-state index in [0.717, 1.165) is 29.8 Å². The van der Waals surface area contributed by atoms with E-state index in [4.69, 9.17) is 4.74 Å². The molecule has 3 aliphatic rings. The molecule has 8 heteroatoms. The first-order valence-electron chi connectivity index (χ1n) is 12.2. The fourth-order valence-electron chi connectivity index (χ4n) is 5.94. The van der Waals surface area contributed by atoms with E-state index in [0.29, 0.717) is 18.5 Å². The number of alkyl halides is 3. The van der Waals surface area contributed by atoms with E-state index in [9.17, 15) is 23.1 Å². The Balaban J connectivity index is 0.00000320. The lowest BCUT2D eigenvalue weighted by atomic mass is 9.68. The SMILES string of the molecule is Cl.O=C(O)[C@@H]1CN2CC[C@H]1[C@H](OCc1cccc(C(F)(F)F)c1)[C@@H]2C(c1ccccc1)c1ccccc1. The van der Waals surface area contributed by atoms with E-state index < -0.39 is 29.7 Å². The monoisotopic (exact) mass is 531 g/mol. The maximum atomic E-state index is 13.3. The minimum atomic E-state index is -4.44. The Morgan fingerprint density at radius 3 is 2.16 bits per heavy atom. The van der Waals surface area contributed by atoms with E-state index in [1.807, 2.05) is 36.4 Å². The van der Waals surface area contributed by atoms with E-state index >= 15 is 0 Å². The molecule has 4 nitrogen and oxygen atoms in total. The van der Waals surface area contributed by atoms with Crippen LogP contribution in [0.15, 0.2) is 84.9 Å². The second-order valence-electron chi connectivity index (χ2n) is 9.66. The molecule has 0 amide bonds. The maximum Gasteiger partial charge on any atom is 0.416 e. The molecule has 1 N–H and O–H groups in total. The molecule has 6 rings (SSSR count). The van der Waals surface area contributed by atoms with Crippen LogP contribution in [-0.4, -0.2) is 41.2 Å². The number of hydrogen-bond donors (Lipinski definition) is 1. The van der Waals surface area contributed by atoms with Gasteiger partial charge in [0.1, 0.15) is 0 Å². The quantitative estimate of drug-likeness (QED) is 0.391. The number of halogens is 4. The number of ether oxygens (including phenoxy) is 1. The van der Waals surface area contributed by atoms with Gasteiger partial charge in [-0.25, -0.2) is 0 Å². The summed E-state index contributed by atoms with van der Waals surface area (Å²) in [6, 6.07) is 25.1. The zero-order chi connectivity index (χ0) is 25.3. The van der Waals surface area contributed by atoms with Gasteiger partial charge < -0.3 is 9.84 Å². The first kappa shape index (κ1) is 27.2. The lowest BCUT2D eigenvalue weighted by Crippen LogP contribution is -2.65. The molecule has 0 aromatic heterocycles. The Bertz CT molecular complexity index is 1150. The van der Waals surface area contributed by atoms with Crippen LogP contribution >= 0.6 is 12.4 Å². The summed E-state index contributed by atoms with van der Waals surface area (Å²) >= 11 is 0. The highest BCUT2D eigenvalue weighted by Gasteiger charge is 2.53. The van der Waals surface area contributed by atoms with Gasteiger partial charge in [-0.15, -0.1) is 12.4 Å². The van der Waals surface area contributed by atoms with Crippen molar-refractivity contribution in [1.82, 2.24) is 4.90 Å². The normalized spacial score (nSPS) is 25.0. The van der Waals surface area contributed by atoms with Crippen molar-refractivity contribution in [1.29, 1.82) is 0 Å². The average molecular weight is 532 g/mol. The van der Waals surface area contributed by atoms with Gasteiger partial charge in [-0.05, 0) is 41.8 Å². The van der Waals surface area contributed by atoms with Crippen LogP contribution in [0.1, 0.15) is 34.6 Å². The molecule has 37 heavy (non-hydrogen) atoms. The van der Waals surface area contributed by atoms with Crippen molar-refractivity contribution in [3.8, 4) is 0 Å². The number of carboxylic acid groups (broad SMARTS) is 1. The summed E-state index contributed by atoms with van der Waals surface area (Å²) in [5, 5.41) is 9.94. The molecular weight excluding hydrogens is 503 g/mol. The number of fused-ring (bicyclic) bond motifs is 3. The van der Waals surface area contributed by atoms with E-state index in [2.05, 4.69) is 29.2 Å². The van der Waals surface area contributed by atoms with Gasteiger partial charge in [-0.3, -0.25) is 9.69 Å². The number of nitrogens with zero attached hydrogens (tertiary/aromatic N) is 1. The number of carboxylic acids is 1. The molecule has 3 aromatic carbocycles. The summed E-state index contributed by atoms with van der Waals surface area (Å²) in [4.78, 5) is 14.3. The zero-order valence-corrected chi connectivity index (χ0v) is 20.9. The third kappa shape index (κ3) is 5.69. The Morgan fingerprint density at radius 1 is 0.973 bits per heavy atom. The van der Waals surface area contributed by atoms with Gasteiger partial charge >= 0.3 is 12.1 Å². The summed E-state index contributed by atoms with van der Waals surface area (Å²) < 4.78 is 46.2. The minimum Gasteiger partial charge on any atom is -0.481 e. The summed E-state index contributed by atoms with van der Waals surface area (Å²) in [5.74, 6) is -1.73. The summed E-state index contributed by atoms with van der Waals surface area (Å²) in [7, 11) is 0. The fourth-order valence-corrected chi connectivity index (χ4v) is 5.94. The molecule has 3 aromatic rings. The van der Waals surface area contributed by atoms with Gasteiger partial charge in [-0.1, -0.05) is 72.8 Å². The van der Waals surface area contributed by atoms with Crippen LogP contribution in [-0.2, 0) is 22.3 Å². The highest BCUT2D eigenvalue weighted by molar-refractivity contribution is 5.85. The van der Waals surface area contributed by atoms with Crippen molar-refractivity contribution < 1.29 is 27.8 Å². The number of benzene rings is 3. The Hall–Kier alpha value is -2.87. The molecular formula is C29H29ClF3NO3. The van der Waals surface area contributed by atoms with Crippen molar-refractivity contribution in [2.45, 2.75) is 37.3 Å². The van der Waals surface area contributed by atoms with Crippen LogP contribution in [0.5, 0.6) is 0 Å².